The van der Waals surface area contributed by atoms with Gasteiger partial charge in [0.2, 0.25) is 0 Å². The summed E-state index contributed by atoms with van der Waals surface area (Å²) in [6.07, 6.45) is 3.05. The van der Waals surface area contributed by atoms with Gasteiger partial charge in [-0.25, -0.2) is 0 Å². The second kappa shape index (κ2) is 2.66. The Hall–Kier alpha value is -0.830. The van der Waals surface area contributed by atoms with Crippen molar-refractivity contribution in [3.63, 3.8) is 0 Å². The van der Waals surface area contributed by atoms with Crippen LogP contribution in [0.15, 0.2) is 10.7 Å². The molecule has 0 bridgehead atoms. The summed E-state index contributed by atoms with van der Waals surface area (Å²) in [5.74, 6) is 1.60. The van der Waals surface area contributed by atoms with Gasteiger partial charge >= 0.3 is 0 Å². The van der Waals surface area contributed by atoms with Crippen LogP contribution in [0.2, 0.25) is 0 Å². The van der Waals surface area contributed by atoms with Gasteiger partial charge in [-0.05, 0) is 19.9 Å². The minimum Gasteiger partial charge on any atom is -0.361 e. The van der Waals surface area contributed by atoms with Gasteiger partial charge in [-0.3, -0.25) is 0 Å². The Morgan fingerprint density at radius 1 is 1.73 bits per heavy atom. The third kappa shape index (κ3) is 1.16. The first-order valence-electron chi connectivity index (χ1n) is 4.00. The number of aryl methyl sites for hydroxylation is 1. The van der Waals surface area contributed by atoms with E-state index in [4.69, 9.17) is 4.52 Å². The van der Waals surface area contributed by atoms with Crippen molar-refractivity contribution in [2.75, 3.05) is 13.1 Å². The van der Waals surface area contributed by atoms with Gasteiger partial charge in [0.15, 0.2) is 0 Å². The molecule has 0 amide bonds. The van der Waals surface area contributed by atoms with Gasteiger partial charge < -0.3 is 9.84 Å². The standard InChI is InChI=1S/C8H12N2O/c1-6-8(5-10-11-6)7-2-3-9-4-7/h5,7,9H,2-4H2,1H3. The highest BCUT2D eigenvalue weighted by Crippen LogP contribution is 2.24. The van der Waals surface area contributed by atoms with E-state index >= 15 is 0 Å². The lowest BCUT2D eigenvalue weighted by atomic mass is 10.0. The van der Waals surface area contributed by atoms with Crippen molar-refractivity contribution in [2.45, 2.75) is 19.3 Å². The summed E-state index contributed by atoms with van der Waals surface area (Å²) >= 11 is 0. The number of aromatic nitrogens is 1. The lowest BCUT2D eigenvalue weighted by Gasteiger charge is -2.03. The van der Waals surface area contributed by atoms with Gasteiger partial charge in [-0.2, -0.15) is 0 Å². The number of hydrogen-bond acceptors (Lipinski definition) is 3. The highest BCUT2D eigenvalue weighted by atomic mass is 16.5. The Morgan fingerprint density at radius 3 is 3.18 bits per heavy atom. The molecule has 2 rings (SSSR count). The molecule has 0 saturated carbocycles. The third-order valence-electron chi connectivity index (χ3n) is 2.29. The van der Waals surface area contributed by atoms with E-state index in [0.29, 0.717) is 5.92 Å². The van der Waals surface area contributed by atoms with Crippen LogP contribution in [-0.2, 0) is 0 Å². The fourth-order valence-corrected chi connectivity index (χ4v) is 1.62. The fourth-order valence-electron chi connectivity index (χ4n) is 1.62. The summed E-state index contributed by atoms with van der Waals surface area (Å²) in [4.78, 5) is 0. The van der Waals surface area contributed by atoms with E-state index < -0.39 is 0 Å². The van der Waals surface area contributed by atoms with Gasteiger partial charge in [-0.1, -0.05) is 5.16 Å². The zero-order chi connectivity index (χ0) is 7.68. The van der Waals surface area contributed by atoms with Crippen molar-refractivity contribution in [1.82, 2.24) is 10.5 Å². The van der Waals surface area contributed by atoms with E-state index in [1.807, 2.05) is 13.1 Å². The average Bonchev–Trinajstić information content (AvgIpc) is 2.55. The van der Waals surface area contributed by atoms with E-state index in [0.717, 1.165) is 18.8 Å². The van der Waals surface area contributed by atoms with Gasteiger partial charge in [0.05, 0.1) is 6.20 Å². The predicted molar refractivity (Wildman–Crippen MR) is 41.5 cm³/mol. The SMILES string of the molecule is Cc1oncc1C1CCNC1. The van der Waals surface area contributed by atoms with Gasteiger partial charge in [0.25, 0.3) is 0 Å². The number of rotatable bonds is 1. The Balaban J connectivity index is 2.21. The molecule has 11 heavy (non-hydrogen) atoms. The topological polar surface area (TPSA) is 38.1 Å². The van der Waals surface area contributed by atoms with Crippen molar-refractivity contribution >= 4 is 0 Å². The van der Waals surface area contributed by atoms with Crippen LogP contribution in [0, 0.1) is 6.92 Å². The summed E-state index contributed by atoms with van der Waals surface area (Å²) in [5.41, 5.74) is 1.27. The summed E-state index contributed by atoms with van der Waals surface area (Å²) in [6, 6.07) is 0. The maximum absolute atomic E-state index is 5.00. The van der Waals surface area contributed by atoms with Crippen LogP contribution >= 0.6 is 0 Å². The van der Waals surface area contributed by atoms with E-state index in [-0.39, 0.29) is 0 Å². The van der Waals surface area contributed by atoms with Gasteiger partial charge in [0, 0.05) is 18.0 Å². The van der Waals surface area contributed by atoms with Crippen molar-refractivity contribution in [3.05, 3.63) is 17.5 Å². The van der Waals surface area contributed by atoms with Crippen LogP contribution in [0.25, 0.3) is 0 Å². The maximum Gasteiger partial charge on any atom is 0.137 e. The predicted octanol–water partition coefficient (Wildman–Crippen LogP) is 1.06. The maximum atomic E-state index is 5.00. The molecule has 1 aromatic heterocycles. The van der Waals surface area contributed by atoms with Crippen molar-refractivity contribution in [3.8, 4) is 0 Å². The molecule has 1 saturated heterocycles. The minimum atomic E-state index is 0.626. The van der Waals surface area contributed by atoms with E-state index in [1.54, 1.807) is 0 Å². The fraction of sp³-hybridized carbons (Fsp3) is 0.625. The largest absolute Gasteiger partial charge is 0.361 e. The Kier molecular flexibility index (Phi) is 1.66. The third-order valence-corrected chi connectivity index (χ3v) is 2.29. The molecule has 3 heteroatoms. The summed E-state index contributed by atoms with van der Waals surface area (Å²) < 4.78 is 5.00. The first-order valence-corrected chi connectivity index (χ1v) is 4.00. The molecule has 1 aromatic rings. The molecule has 1 aliphatic rings. The minimum absolute atomic E-state index is 0.626. The van der Waals surface area contributed by atoms with E-state index in [1.165, 1.54) is 12.0 Å². The monoisotopic (exact) mass is 152 g/mol. The zero-order valence-electron chi connectivity index (χ0n) is 6.63. The quantitative estimate of drug-likeness (QED) is 0.654. The lowest BCUT2D eigenvalue weighted by Crippen LogP contribution is -2.07. The molecule has 1 N–H and O–H groups in total. The molecule has 1 unspecified atom stereocenters. The summed E-state index contributed by atoms with van der Waals surface area (Å²) in [7, 11) is 0. The molecule has 0 radical (unpaired) electrons. The number of nitrogens with zero attached hydrogens (tertiary/aromatic N) is 1. The van der Waals surface area contributed by atoms with E-state index in [2.05, 4.69) is 10.5 Å². The second-order valence-electron chi connectivity index (χ2n) is 3.03. The second-order valence-corrected chi connectivity index (χ2v) is 3.03. The average molecular weight is 152 g/mol. The van der Waals surface area contributed by atoms with Crippen LogP contribution in [0.4, 0.5) is 0 Å². The lowest BCUT2D eigenvalue weighted by molar-refractivity contribution is 0.395. The molecular weight excluding hydrogens is 140 g/mol. The molecule has 0 spiro atoms. The molecule has 3 nitrogen and oxygen atoms in total. The molecular formula is C8H12N2O. The molecule has 1 aliphatic heterocycles. The highest BCUT2D eigenvalue weighted by molar-refractivity contribution is 5.19. The Morgan fingerprint density at radius 2 is 2.64 bits per heavy atom. The van der Waals surface area contributed by atoms with Crippen molar-refractivity contribution in [2.24, 2.45) is 0 Å². The van der Waals surface area contributed by atoms with Gasteiger partial charge in [0.1, 0.15) is 5.76 Å². The van der Waals surface area contributed by atoms with Crippen molar-refractivity contribution < 1.29 is 4.52 Å². The molecule has 0 aliphatic carbocycles. The van der Waals surface area contributed by atoms with Gasteiger partial charge in [-0.15, -0.1) is 0 Å². The first kappa shape index (κ1) is 6.85. The summed E-state index contributed by atoms with van der Waals surface area (Å²) in [5, 5.41) is 7.08. The van der Waals surface area contributed by atoms with Crippen LogP contribution in [-0.4, -0.2) is 18.2 Å². The molecule has 0 aromatic carbocycles. The van der Waals surface area contributed by atoms with Crippen LogP contribution in [0.5, 0.6) is 0 Å². The smallest absolute Gasteiger partial charge is 0.137 e. The number of hydrogen-bond donors (Lipinski definition) is 1. The Bertz CT molecular complexity index is 238. The molecule has 1 atom stereocenters. The molecule has 1 fully saturated rings. The van der Waals surface area contributed by atoms with Crippen LogP contribution < -0.4 is 5.32 Å². The Labute approximate surface area is 65.8 Å². The first-order chi connectivity index (χ1) is 5.38. The highest BCUT2D eigenvalue weighted by Gasteiger charge is 2.20. The molecule has 60 valence electrons. The molecule has 2 heterocycles. The van der Waals surface area contributed by atoms with Crippen LogP contribution in [0.3, 0.4) is 0 Å². The number of nitrogens with one attached hydrogen (secondary N) is 1. The van der Waals surface area contributed by atoms with E-state index in [9.17, 15) is 0 Å². The zero-order valence-corrected chi connectivity index (χ0v) is 6.63. The normalized spacial score (nSPS) is 24.3. The van der Waals surface area contributed by atoms with Crippen LogP contribution in [0.1, 0.15) is 23.7 Å². The van der Waals surface area contributed by atoms with Crippen molar-refractivity contribution in [1.29, 1.82) is 0 Å². The summed E-state index contributed by atoms with van der Waals surface area (Å²) in [6.45, 7) is 4.16.